The number of nitrogens with zero attached hydrogens (tertiary/aromatic N) is 4. The summed E-state index contributed by atoms with van der Waals surface area (Å²) in [6.07, 6.45) is 0.938. The summed E-state index contributed by atoms with van der Waals surface area (Å²) in [5.74, 6) is -0.349. The first-order valence-electron chi connectivity index (χ1n) is 15.1. The summed E-state index contributed by atoms with van der Waals surface area (Å²) in [7, 11) is 1.61. The van der Waals surface area contributed by atoms with Gasteiger partial charge in [0.25, 0.3) is 5.91 Å². The second-order valence-electron chi connectivity index (χ2n) is 11.6. The molecule has 2 amide bonds. The lowest BCUT2D eigenvalue weighted by Gasteiger charge is -2.25. The van der Waals surface area contributed by atoms with Crippen LogP contribution in [0.1, 0.15) is 36.8 Å². The molecule has 254 valence electrons. The maximum atomic E-state index is 13.6. The van der Waals surface area contributed by atoms with Crippen molar-refractivity contribution in [3.05, 3.63) is 59.9 Å². The van der Waals surface area contributed by atoms with E-state index in [1.54, 1.807) is 74.6 Å². The zero-order chi connectivity index (χ0) is 34.0. The molecule has 0 saturated carbocycles. The molecule has 0 spiro atoms. The van der Waals surface area contributed by atoms with Gasteiger partial charge in [-0.3, -0.25) is 4.79 Å². The number of anilines is 2. The van der Waals surface area contributed by atoms with E-state index in [9.17, 15) is 19.2 Å². The second-order valence-corrected chi connectivity index (χ2v) is 13.1. The highest BCUT2D eigenvalue weighted by molar-refractivity contribution is 7.89. The zero-order valence-corrected chi connectivity index (χ0v) is 27.9. The number of benzene rings is 2. The number of nitrogen functional groups attached to an aromatic ring is 1. The van der Waals surface area contributed by atoms with Crippen molar-refractivity contribution in [2.45, 2.75) is 37.8 Å². The van der Waals surface area contributed by atoms with Gasteiger partial charge in [0.1, 0.15) is 18.0 Å². The van der Waals surface area contributed by atoms with Gasteiger partial charge in [-0.25, -0.2) is 14.8 Å². The molecule has 4 N–H and O–H groups in total. The number of amides is 2. The molecule has 0 fully saturated rings. The first kappa shape index (κ1) is 35.9. The van der Waals surface area contributed by atoms with E-state index in [2.05, 4.69) is 15.3 Å². The number of para-hydroxylation sites is 1. The van der Waals surface area contributed by atoms with Crippen LogP contribution in [0.5, 0.6) is 5.75 Å². The maximum absolute atomic E-state index is 13.6. The molecule has 15 heteroatoms. The molecule has 2 aliphatic heterocycles. The molecule has 1 aromatic heterocycles. The lowest BCUT2D eigenvalue weighted by atomic mass is 10.1. The topological polar surface area (TPSA) is 185 Å². The number of carbonyl (C=O) groups is 2. The molecule has 14 nitrogen and oxygen atoms in total. The smallest absolute Gasteiger partial charge is 0.410 e. The number of carbonyl (C=O) groups excluding carboxylic acids is 2. The number of aromatic nitrogens is 2. The SMILES string of the molecule is CN(Cc1cccc2c1OCCOCCOCCN(CCO)[S+]([O-])c1ccc(cc1)-c1cnc(N)c(n1)C(=O)N2)C(=O)OC(C)(C)C. The molecule has 47 heavy (non-hydrogen) atoms. The van der Waals surface area contributed by atoms with Gasteiger partial charge in [-0.2, -0.15) is 0 Å². The van der Waals surface area contributed by atoms with Crippen LogP contribution in [0.25, 0.3) is 11.3 Å². The van der Waals surface area contributed by atoms with Crippen LogP contribution in [0.2, 0.25) is 0 Å². The number of rotatable bonds is 4. The Morgan fingerprint density at radius 1 is 1.13 bits per heavy atom. The van der Waals surface area contributed by atoms with Crippen molar-refractivity contribution in [1.29, 1.82) is 0 Å². The average Bonchev–Trinajstić information content (AvgIpc) is 3.03. The summed E-state index contributed by atoms with van der Waals surface area (Å²) in [6, 6.07) is 12.0. The Balaban J connectivity index is 1.65. The van der Waals surface area contributed by atoms with Crippen LogP contribution in [0, 0.1) is 0 Å². The van der Waals surface area contributed by atoms with E-state index in [0.717, 1.165) is 0 Å². The number of ether oxygens (including phenoxy) is 4. The molecule has 0 saturated heterocycles. The van der Waals surface area contributed by atoms with E-state index in [4.69, 9.17) is 24.7 Å². The average molecular weight is 671 g/mol. The molecule has 1 unspecified atom stereocenters. The van der Waals surface area contributed by atoms with E-state index in [-0.39, 0.29) is 57.6 Å². The third kappa shape index (κ3) is 10.2. The minimum absolute atomic E-state index is 0.0722. The van der Waals surface area contributed by atoms with E-state index >= 15 is 0 Å². The highest BCUT2D eigenvalue weighted by atomic mass is 32.2. The highest BCUT2D eigenvalue weighted by Gasteiger charge is 2.24. The van der Waals surface area contributed by atoms with Gasteiger partial charge in [-0.05, 0) is 51.1 Å². The summed E-state index contributed by atoms with van der Waals surface area (Å²) in [5.41, 5.74) is 7.28. The molecule has 2 aliphatic rings. The van der Waals surface area contributed by atoms with E-state index in [1.807, 2.05) is 0 Å². The fraction of sp³-hybridized carbons (Fsp3) is 0.438. The quantitative estimate of drug-likeness (QED) is 0.273. The minimum atomic E-state index is -1.54. The Kier molecular flexibility index (Phi) is 12.8. The highest BCUT2D eigenvalue weighted by Crippen LogP contribution is 2.31. The number of hydrogen-bond donors (Lipinski definition) is 3. The third-order valence-electron chi connectivity index (χ3n) is 6.74. The standard InChI is InChI=1S/C32H42N6O8S/c1-32(2,3)46-31(41)37(4)21-23-6-5-7-25-28(23)45-19-18-44-17-16-43-15-13-38(12-14-39)47(42)24-10-8-22(9-11-24)26-20-34-29(33)27(35-26)30(40)36-25/h5-11,20,39H,12-19,21H2,1-4H3,(H2,33,34)(H,36,40). The molecule has 5 rings (SSSR count). The predicted molar refractivity (Wildman–Crippen MR) is 176 cm³/mol. The molecule has 2 aromatic carbocycles. The Hall–Kier alpha value is -3.99. The number of hydrogen-bond acceptors (Lipinski definition) is 12. The van der Waals surface area contributed by atoms with Crippen LogP contribution < -0.4 is 15.8 Å². The monoisotopic (exact) mass is 670 g/mol. The molecule has 0 aliphatic carbocycles. The molecule has 3 aromatic rings. The normalized spacial score (nSPS) is 17.0. The third-order valence-corrected chi connectivity index (χ3v) is 8.25. The van der Waals surface area contributed by atoms with E-state index in [0.29, 0.717) is 46.3 Å². The predicted octanol–water partition coefficient (Wildman–Crippen LogP) is 3.09. The number of nitrogens with one attached hydrogen (secondary N) is 1. The molecule has 1 atom stereocenters. The van der Waals surface area contributed by atoms with E-state index < -0.39 is 29.0 Å². The van der Waals surface area contributed by atoms with Crippen LogP contribution in [0.3, 0.4) is 0 Å². The lowest BCUT2D eigenvalue weighted by molar-refractivity contribution is 0.0279. The first-order chi connectivity index (χ1) is 22.5. The van der Waals surface area contributed by atoms with Gasteiger partial charge in [0.05, 0.1) is 81.6 Å². The van der Waals surface area contributed by atoms with Gasteiger partial charge in [0.2, 0.25) is 0 Å². The van der Waals surface area contributed by atoms with Gasteiger partial charge in [-0.1, -0.05) is 12.1 Å². The van der Waals surface area contributed by atoms with Crippen molar-refractivity contribution in [2.75, 3.05) is 70.8 Å². The number of fused-ring (bicyclic) bond motifs is 13. The molecular weight excluding hydrogens is 628 g/mol. The van der Waals surface area contributed by atoms with Gasteiger partial charge in [0.15, 0.2) is 16.4 Å². The summed E-state index contributed by atoms with van der Waals surface area (Å²) in [6.45, 7) is 7.08. The van der Waals surface area contributed by atoms with Gasteiger partial charge < -0.3 is 44.6 Å². The zero-order valence-electron chi connectivity index (χ0n) is 27.1. The summed E-state index contributed by atoms with van der Waals surface area (Å²) in [4.78, 5) is 36.9. The van der Waals surface area contributed by atoms with Crippen LogP contribution in [-0.4, -0.2) is 106 Å². The summed E-state index contributed by atoms with van der Waals surface area (Å²) >= 11 is -1.54. The van der Waals surface area contributed by atoms with Crippen molar-refractivity contribution in [1.82, 2.24) is 19.2 Å². The van der Waals surface area contributed by atoms with Crippen LogP contribution in [-0.2, 0) is 32.1 Å². The molecular formula is C32H42N6O8S. The fourth-order valence-corrected chi connectivity index (χ4v) is 5.65. The first-order valence-corrected chi connectivity index (χ1v) is 16.2. The van der Waals surface area contributed by atoms with Crippen molar-refractivity contribution in [3.8, 4) is 17.0 Å². The second kappa shape index (κ2) is 16.7. The van der Waals surface area contributed by atoms with Crippen LogP contribution in [0.4, 0.5) is 16.3 Å². The molecule has 0 radical (unpaired) electrons. The summed E-state index contributed by atoms with van der Waals surface area (Å²) in [5, 5.41) is 12.4. The Labute approximate surface area is 277 Å². The Bertz CT molecular complexity index is 1500. The summed E-state index contributed by atoms with van der Waals surface area (Å²) < 4.78 is 37.8. The van der Waals surface area contributed by atoms with Crippen molar-refractivity contribution >= 4 is 34.9 Å². The fourth-order valence-electron chi connectivity index (χ4n) is 4.50. The molecule has 4 bridgehead atoms. The lowest BCUT2D eigenvalue weighted by Crippen LogP contribution is -2.36. The van der Waals surface area contributed by atoms with Gasteiger partial charge in [0, 0.05) is 18.2 Å². The number of aliphatic hydroxyl groups is 1. The van der Waals surface area contributed by atoms with Crippen molar-refractivity contribution < 1.29 is 38.2 Å². The number of nitrogens with two attached hydrogens (primary N) is 1. The van der Waals surface area contributed by atoms with Crippen LogP contribution >= 0.6 is 0 Å². The maximum Gasteiger partial charge on any atom is 0.410 e. The Morgan fingerprint density at radius 2 is 1.83 bits per heavy atom. The van der Waals surface area contributed by atoms with Gasteiger partial charge >= 0.3 is 6.09 Å². The van der Waals surface area contributed by atoms with Crippen molar-refractivity contribution in [2.24, 2.45) is 0 Å². The van der Waals surface area contributed by atoms with Crippen molar-refractivity contribution in [3.63, 3.8) is 0 Å². The Morgan fingerprint density at radius 3 is 2.53 bits per heavy atom. The van der Waals surface area contributed by atoms with Gasteiger partial charge in [-0.15, -0.1) is 4.31 Å². The minimum Gasteiger partial charge on any atom is -0.593 e. The number of aliphatic hydroxyl groups excluding tert-OH is 1. The van der Waals surface area contributed by atoms with Crippen LogP contribution in [0.15, 0.2) is 53.6 Å². The van der Waals surface area contributed by atoms with E-state index in [1.165, 1.54) is 11.1 Å². The largest absolute Gasteiger partial charge is 0.593 e. The molecule has 3 heterocycles.